The van der Waals surface area contributed by atoms with Crippen LogP contribution in [0.4, 0.5) is 4.79 Å². The second-order valence-electron chi connectivity index (χ2n) is 2.68. The van der Waals surface area contributed by atoms with Gasteiger partial charge < -0.3 is 15.5 Å². The van der Waals surface area contributed by atoms with Crippen LogP contribution in [-0.2, 0) is 4.79 Å². The molecule has 0 bridgehead atoms. The van der Waals surface area contributed by atoms with Gasteiger partial charge in [0.05, 0.1) is 0 Å². The van der Waals surface area contributed by atoms with E-state index in [-0.39, 0.29) is 11.9 Å². The molecule has 70 valence electrons. The highest BCUT2D eigenvalue weighted by atomic mass is 16.2. The van der Waals surface area contributed by atoms with Crippen LogP contribution >= 0.6 is 0 Å². The van der Waals surface area contributed by atoms with Crippen molar-refractivity contribution in [3.8, 4) is 0 Å². The molecule has 0 aromatic rings. The van der Waals surface area contributed by atoms with Gasteiger partial charge in [0.2, 0.25) is 5.91 Å². The molecule has 0 radical (unpaired) electrons. The Hall–Kier alpha value is -1.26. The Balaban J connectivity index is 3.92. The first-order valence-electron chi connectivity index (χ1n) is 3.68. The molecule has 0 heterocycles. The summed E-state index contributed by atoms with van der Waals surface area (Å²) in [4.78, 5) is 23.3. The smallest absolute Gasteiger partial charge is 0.317 e. The molecule has 3 amide bonds. The quantitative estimate of drug-likeness (QED) is 0.585. The fraction of sp³-hybridized carbons (Fsp3) is 0.714. The van der Waals surface area contributed by atoms with Crippen LogP contribution in [-0.4, -0.2) is 44.0 Å². The highest BCUT2D eigenvalue weighted by Gasteiger charge is 2.14. The van der Waals surface area contributed by atoms with Gasteiger partial charge >= 0.3 is 6.03 Å². The maximum absolute atomic E-state index is 11.0. The lowest BCUT2D eigenvalue weighted by molar-refractivity contribution is -0.122. The fourth-order valence-corrected chi connectivity index (χ4v) is 0.596. The van der Waals surface area contributed by atoms with Gasteiger partial charge in [-0.1, -0.05) is 0 Å². The molecule has 0 saturated carbocycles. The van der Waals surface area contributed by atoms with Crippen molar-refractivity contribution in [3.63, 3.8) is 0 Å². The van der Waals surface area contributed by atoms with Crippen LogP contribution in [0.15, 0.2) is 0 Å². The van der Waals surface area contributed by atoms with Crippen molar-refractivity contribution in [1.82, 2.24) is 15.5 Å². The van der Waals surface area contributed by atoms with Crippen LogP contribution in [0.2, 0.25) is 0 Å². The monoisotopic (exact) mass is 173 g/mol. The zero-order valence-electron chi connectivity index (χ0n) is 7.84. The summed E-state index contributed by atoms with van der Waals surface area (Å²) >= 11 is 0. The Bertz CT molecular complexity index is 179. The molecule has 0 aliphatic heterocycles. The number of hydrogen-bond acceptors (Lipinski definition) is 2. The molecule has 0 aromatic heterocycles. The molecule has 0 aliphatic rings. The van der Waals surface area contributed by atoms with Crippen LogP contribution in [0, 0.1) is 0 Å². The van der Waals surface area contributed by atoms with E-state index < -0.39 is 6.04 Å². The van der Waals surface area contributed by atoms with E-state index in [0.29, 0.717) is 0 Å². The number of hydrogen-bond donors (Lipinski definition) is 2. The Kier molecular flexibility index (Phi) is 4.10. The summed E-state index contributed by atoms with van der Waals surface area (Å²) in [5, 5.41) is 4.94. The minimum absolute atomic E-state index is 0.204. The van der Waals surface area contributed by atoms with Crippen LogP contribution in [0.1, 0.15) is 6.92 Å². The highest BCUT2D eigenvalue weighted by Crippen LogP contribution is 1.84. The number of carbonyl (C=O) groups excluding carboxylic acids is 2. The number of amides is 3. The molecule has 0 spiro atoms. The van der Waals surface area contributed by atoms with Crippen molar-refractivity contribution in [1.29, 1.82) is 0 Å². The zero-order valence-corrected chi connectivity index (χ0v) is 7.84. The van der Waals surface area contributed by atoms with E-state index in [1.807, 2.05) is 0 Å². The Morgan fingerprint density at radius 1 is 1.33 bits per heavy atom. The standard InChI is InChI=1S/C7H15N3O2/c1-5(6(11)8-2)9-7(12)10(3)4/h5H,1-4H3,(H,8,11)(H,9,12)/t5-/m1/s1. The second-order valence-corrected chi connectivity index (χ2v) is 2.68. The first kappa shape index (κ1) is 10.7. The third kappa shape index (κ3) is 3.23. The number of carbonyl (C=O) groups is 2. The number of nitrogens with one attached hydrogen (secondary N) is 2. The van der Waals surface area contributed by atoms with Gasteiger partial charge in [0.25, 0.3) is 0 Å². The van der Waals surface area contributed by atoms with Gasteiger partial charge in [0.15, 0.2) is 0 Å². The molecule has 2 N–H and O–H groups in total. The SMILES string of the molecule is CNC(=O)[C@@H](C)NC(=O)N(C)C. The van der Waals surface area contributed by atoms with Crippen molar-refractivity contribution in [2.45, 2.75) is 13.0 Å². The summed E-state index contributed by atoms with van der Waals surface area (Å²) in [7, 11) is 4.76. The Morgan fingerprint density at radius 2 is 1.83 bits per heavy atom. The zero-order chi connectivity index (χ0) is 9.72. The molecule has 0 aliphatic carbocycles. The number of rotatable bonds is 2. The van der Waals surface area contributed by atoms with E-state index >= 15 is 0 Å². The lowest BCUT2D eigenvalue weighted by Crippen LogP contribution is -2.47. The largest absolute Gasteiger partial charge is 0.357 e. The lowest BCUT2D eigenvalue weighted by atomic mass is 10.3. The fourth-order valence-electron chi connectivity index (χ4n) is 0.596. The summed E-state index contributed by atoms with van der Waals surface area (Å²) in [5.74, 6) is -0.204. The average molecular weight is 173 g/mol. The van der Waals surface area contributed by atoms with Gasteiger partial charge in [-0.3, -0.25) is 4.79 Å². The van der Waals surface area contributed by atoms with Gasteiger partial charge in [-0.15, -0.1) is 0 Å². The normalized spacial score (nSPS) is 11.7. The summed E-state index contributed by atoms with van der Waals surface area (Å²) < 4.78 is 0. The summed E-state index contributed by atoms with van der Waals surface area (Å²) in [6.45, 7) is 1.63. The summed E-state index contributed by atoms with van der Waals surface area (Å²) in [6, 6.07) is -0.768. The molecular formula is C7H15N3O2. The third-order valence-corrected chi connectivity index (χ3v) is 1.39. The van der Waals surface area contributed by atoms with E-state index in [9.17, 15) is 9.59 Å². The number of nitrogens with zero attached hydrogens (tertiary/aromatic N) is 1. The minimum atomic E-state index is -0.495. The van der Waals surface area contributed by atoms with E-state index in [4.69, 9.17) is 0 Å². The molecule has 0 unspecified atom stereocenters. The molecule has 0 rings (SSSR count). The van der Waals surface area contributed by atoms with E-state index in [2.05, 4.69) is 10.6 Å². The minimum Gasteiger partial charge on any atom is -0.357 e. The Morgan fingerprint density at radius 3 is 2.17 bits per heavy atom. The van der Waals surface area contributed by atoms with E-state index in [1.54, 1.807) is 21.0 Å². The average Bonchev–Trinajstić information content (AvgIpc) is 2.02. The molecular weight excluding hydrogens is 158 g/mol. The maximum Gasteiger partial charge on any atom is 0.317 e. The van der Waals surface area contributed by atoms with Crippen LogP contribution < -0.4 is 10.6 Å². The first-order chi connectivity index (χ1) is 5.49. The molecule has 1 atom stereocenters. The summed E-state index contributed by atoms with van der Waals surface area (Å²) in [5.41, 5.74) is 0. The van der Waals surface area contributed by atoms with Crippen molar-refractivity contribution in [3.05, 3.63) is 0 Å². The van der Waals surface area contributed by atoms with Gasteiger partial charge in [-0.2, -0.15) is 0 Å². The molecule has 0 aromatic carbocycles. The van der Waals surface area contributed by atoms with Gasteiger partial charge in [0, 0.05) is 21.1 Å². The molecule has 12 heavy (non-hydrogen) atoms. The lowest BCUT2D eigenvalue weighted by Gasteiger charge is -2.16. The predicted octanol–water partition coefficient (Wildman–Crippen LogP) is -0.608. The van der Waals surface area contributed by atoms with Crippen molar-refractivity contribution in [2.75, 3.05) is 21.1 Å². The van der Waals surface area contributed by atoms with Crippen molar-refractivity contribution >= 4 is 11.9 Å². The van der Waals surface area contributed by atoms with Crippen LogP contribution in [0.25, 0.3) is 0 Å². The highest BCUT2D eigenvalue weighted by molar-refractivity contribution is 5.86. The molecule has 5 nitrogen and oxygen atoms in total. The van der Waals surface area contributed by atoms with Gasteiger partial charge in [0.1, 0.15) is 6.04 Å². The summed E-state index contributed by atoms with van der Waals surface area (Å²) in [6.07, 6.45) is 0. The van der Waals surface area contributed by atoms with Crippen LogP contribution in [0.3, 0.4) is 0 Å². The number of urea groups is 1. The first-order valence-corrected chi connectivity index (χ1v) is 3.68. The number of likely N-dealkylation sites (N-methyl/N-ethyl adjacent to an activating group) is 1. The van der Waals surface area contributed by atoms with Crippen molar-refractivity contribution in [2.24, 2.45) is 0 Å². The second kappa shape index (κ2) is 4.58. The molecule has 5 heteroatoms. The van der Waals surface area contributed by atoms with Crippen molar-refractivity contribution < 1.29 is 9.59 Å². The molecule has 0 saturated heterocycles. The topological polar surface area (TPSA) is 61.4 Å². The maximum atomic E-state index is 11.0. The van der Waals surface area contributed by atoms with Gasteiger partial charge in [-0.05, 0) is 6.92 Å². The third-order valence-electron chi connectivity index (χ3n) is 1.39. The van der Waals surface area contributed by atoms with E-state index in [0.717, 1.165) is 0 Å². The predicted molar refractivity (Wildman–Crippen MR) is 45.7 cm³/mol. The molecule has 0 fully saturated rings. The van der Waals surface area contributed by atoms with E-state index in [1.165, 1.54) is 11.9 Å². The van der Waals surface area contributed by atoms with Gasteiger partial charge in [-0.25, -0.2) is 4.79 Å². The van der Waals surface area contributed by atoms with Crippen LogP contribution in [0.5, 0.6) is 0 Å². The Labute approximate surface area is 72.1 Å².